The lowest BCUT2D eigenvalue weighted by atomic mass is 10.1. The molecule has 0 aliphatic heterocycles. The lowest BCUT2D eigenvalue weighted by Crippen LogP contribution is -2.02. The molecule has 0 aliphatic rings. The van der Waals surface area contributed by atoms with Crippen LogP contribution in [0.15, 0.2) is 36.4 Å². The number of hydrogen-bond acceptors (Lipinski definition) is 2. The molecule has 0 heterocycles. The first-order valence-electron chi connectivity index (χ1n) is 9.59. The van der Waals surface area contributed by atoms with E-state index in [1.807, 2.05) is 12.1 Å². The molecule has 0 bridgehead atoms. The maximum Gasteiger partial charge on any atom is 0.123 e. The molecule has 0 aromatic heterocycles. The third-order valence-electron chi connectivity index (χ3n) is 4.65. The van der Waals surface area contributed by atoms with E-state index in [1.54, 1.807) is 0 Å². The third kappa shape index (κ3) is 5.81. The van der Waals surface area contributed by atoms with E-state index in [4.69, 9.17) is 9.47 Å². The van der Waals surface area contributed by atoms with Crippen LogP contribution in [0.2, 0.25) is 0 Å². The van der Waals surface area contributed by atoms with Gasteiger partial charge in [-0.1, -0.05) is 57.4 Å². The summed E-state index contributed by atoms with van der Waals surface area (Å²) in [5.74, 6) is 1.92. The monoisotopic (exact) mass is 340 g/mol. The summed E-state index contributed by atoms with van der Waals surface area (Å²) in [4.78, 5) is 0. The van der Waals surface area contributed by atoms with Crippen LogP contribution in [-0.2, 0) is 13.0 Å². The zero-order chi connectivity index (χ0) is 18.1. The van der Waals surface area contributed by atoms with Gasteiger partial charge >= 0.3 is 0 Å². The van der Waals surface area contributed by atoms with Gasteiger partial charge in [-0.2, -0.15) is 0 Å². The maximum absolute atomic E-state index is 6.05. The maximum atomic E-state index is 6.05. The van der Waals surface area contributed by atoms with Gasteiger partial charge in [0.05, 0.1) is 6.61 Å². The SMILES string of the molecule is CCCCCOc1ccc(OCc2ccc(CCC)cc2)c(C)c1C. The Morgan fingerprint density at radius 1 is 0.680 bits per heavy atom. The Morgan fingerprint density at radius 2 is 1.28 bits per heavy atom. The largest absolute Gasteiger partial charge is 0.493 e. The van der Waals surface area contributed by atoms with Crippen LogP contribution in [0.25, 0.3) is 0 Å². The molecule has 2 nitrogen and oxygen atoms in total. The summed E-state index contributed by atoms with van der Waals surface area (Å²) in [5.41, 5.74) is 4.93. The minimum absolute atomic E-state index is 0.601. The van der Waals surface area contributed by atoms with Crippen LogP contribution in [0, 0.1) is 13.8 Å². The fourth-order valence-corrected chi connectivity index (χ4v) is 2.87. The molecule has 0 spiro atoms. The Kier molecular flexibility index (Phi) is 7.84. The summed E-state index contributed by atoms with van der Waals surface area (Å²) < 4.78 is 12.0. The van der Waals surface area contributed by atoms with Crippen molar-refractivity contribution in [1.82, 2.24) is 0 Å². The second-order valence-corrected chi connectivity index (χ2v) is 6.72. The number of benzene rings is 2. The number of rotatable bonds is 10. The van der Waals surface area contributed by atoms with Crippen molar-refractivity contribution in [3.63, 3.8) is 0 Å². The minimum atomic E-state index is 0.601. The summed E-state index contributed by atoms with van der Waals surface area (Å²) in [5, 5.41) is 0. The van der Waals surface area contributed by atoms with Crippen LogP contribution in [-0.4, -0.2) is 6.61 Å². The lowest BCUT2D eigenvalue weighted by Gasteiger charge is -2.15. The fraction of sp³-hybridized carbons (Fsp3) is 0.478. The van der Waals surface area contributed by atoms with Gasteiger partial charge in [-0.3, -0.25) is 0 Å². The van der Waals surface area contributed by atoms with Crippen molar-refractivity contribution in [2.75, 3.05) is 6.61 Å². The van der Waals surface area contributed by atoms with Crippen molar-refractivity contribution in [2.45, 2.75) is 66.4 Å². The molecular weight excluding hydrogens is 308 g/mol. The molecule has 136 valence electrons. The predicted octanol–water partition coefficient (Wildman–Crippen LogP) is 6.40. The molecule has 0 saturated carbocycles. The molecule has 0 atom stereocenters. The molecule has 0 amide bonds. The Bertz CT molecular complexity index is 644. The van der Waals surface area contributed by atoms with Crippen molar-refractivity contribution in [1.29, 1.82) is 0 Å². The number of unbranched alkanes of at least 4 members (excludes halogenated alkanes) is 2. The van der Waals surface area contributed by atoms with E-state index in [0.29, 0.717) is 6.61 Å². The first-order chi connectivity index (χ1) is 12.2. The highest BCUT2D eigenvalue weighted by Crippen LogP contribution is 2.30. The van der Waals surface area contributed by atoms with Crippen LogP contribution in [0.3, 0.4) is 0 Å². The van der Waals surface area contributed by atoms with Gasteiger partial charge in [0, 0.05) is 0 Å². The van der Waals surface area contributed by atoms with Gasteiger partial charge < -0.3 is 9.47 Å². The molecule has 0 N–H and O–H groups in total. The molecule has 0 aliphatic carbocycles. The van der Waals surface area contributed by atoms with Gasteiger partial charge in [-0.15, -0.1) is 0 Å². The van der Waals surface area contributed by atoms with Crippen molar-refractivity contribution >= 4 is 0 Å². The first kappa shape index (κ1) is 19.4. The van der Waals surface area contributed by atoms with Crippen LogP contribution in [0.5, 0.6) is 11.5 Å². The van der Waals surface area contributed by atoms with E-state index in [-0.39, 0.29) is 0 Å². The Hall–Kier alpha value is -1.96. The van der Waals surface area contributed by atoms with Gasteiger partial charge in [0.25, 0.3) is 0 Å². The summed E-state index contributed by atoms with van der Waals surface area (Å²) in [7, 11) is 0. The average molecular weight is 341 g/mol. The summed E-state index contributed by atoms with van der Waals surface area (Å²) in [6.07, 6.45) is 5.87. The van der Waals surface area contributed by atoms with E-state index in [0.717, 1.165) is 36.5 Å². The van der Waals surface area contributed by atoms with Gasteiger partial charge in [-0.25, -0.2) is 0 Å². The Labute approximate surface area is 153 Å². The highest BCUT2D eigenvalue weighted by Gasteiger charge is 2.09. The van der Waals surface area contributed by atoms with Gasteiger partial charge in [0.15, 0.2) is 0 Å². The van der Waals surface area contributed by atoms with E-state index >= 15 is 0 Å². The number of aryl methyl sites for hydroxylation is 1. The zero-order valence-electron chi connectivity index (χ0n) is 16.2. The van der Waals surface area contributed by atoms with Crippen molar-refractivity contribution < 1.29 is 9.47 Å². The molecule has 2 heteroatoms. The van der Waals surface area contributed by atoms with E-state index in [1.165, 1.54) is 36.0 Å². The normalized spacial score (nSPS) is 10.7. The van der Waals surface area contributed by atoms with Crippen molar-refractivity contribution in [3.8, 4) is 11.5 Å². The number of ether oxygens (including phenoxy) is 2. The quantitative estimate of drug-likeness (QED) is 0.466. The second-order valence-electron chi connectivity index (χ2n) is 6.72. The Morgan fingerprint density at radius 3 is 1.88 bits per heavy atom. The first-order valence-corrected chi connectivity index (χ1v) is 9.59. The van der Waals surface area contributed by atoms with Crippen molar-refractivity contribution in [3.05, 3.63) is 58.7 Å². The zero-order valence-corrected chi connectivity index (χ0v) is 16.2. The van der Waals surface area contributed by atoms with Crippen molar-refractivity contribution in [2.24, 2.45) is 0 Å². The summed E-state index contributed by atoms with van der Waals surface area (Å²) >= 11 is 0. The fourth-order valence-electron chi connectivity index (χ4n) is 2.87. The molecule has 2 aromatic rings. The minimum Gasteiger partial charge on any atom is -0.493 e. The summed E-state index contributed by atoms with van der Waals surface area (Å²) in [6.45, 7) is 10.0. The average Bonchev–Trinajstić information content (AvgIpc) is 2.63. The molecule has 0 unspecified atom stereocenters. The third-order valence-corrected chi connectivity index (χ3v) is 4.65. The van der Waals surface area contributed by atoms with E-state index in [2.05, 4.69) is 52.0 Å². The smallest absolute Gasteiger partial charge is 0.123 e. The molecule has 0 saturated heterocycles. The van der Waals surface area contributed by atoms with E-state index in [9.17, 15) is 0 Å². The Balaban J connectivity index is 1.94. The van der Waals surface area contributed by atoms with Crippen LogP contribution < -0.4 is 9.47 Å². The van der Waals surface area contributed by atoms with Crippen LogP contribution in [0.4, 0.5) is 0 Å². The summed E-state index contributed by atoms with van der Waals surface area (Å²) in [6, 6.07) is 12.8. The van der Waals surface area contributed by atoms with Crippen LogP contribution >= 0.6 is 0 Å². The highest BCUT2D eigenvalue weighted by atomic mass is 16.5. The second kappa shape index (κ2) is 10.1. The van der Waals surface area contributed by atoms with E-state index < -0.39 is 0 Å². The van der Waals surface area contributed by atoms with Gasteiger partial charge in [0.2, 0.25) is 0 Å². The molecule has 2 rings (SSSR count). The molecule has 25 heavy (non-hydrogen) atoms. The van der Waals surface area contributed by atoms with Crippen LogP contribution in [0.1, 0.15) is 61.8 Å². The topological polar surface area (TPSA) is 18.5 Å². The molecule has 2 aromatic carbocycles. The molecule has 0 fully saturated rings. The molecular formula is C23H32O2. The number of hydrogen-bond donors (Lipinski definition) is 0. The predicted molar refractivity (Wildman–Crippen MR) is 106 cm³/mol. The van der Waals surface area contributed by atoms with Gasteiger partial charge in [0.1, 0.15) is 18.1 Å². The highest BCUT2D eigenvalue weighted by molar-refractivity contribution is 5.47. The lowest BCUT2D eigenvalue weighted by molar-refractivity contribution is 0.294. The molecule has 0 radical (unpaired) electrons. The standard InChI is InChI=1S/C23H32O2/c1-5-7-8-16-24-22-14-15-23(19(4)18(22)3)25-17-21-12-10-20(9-6-2)11-13-21/h10-15H,5-9,16-17H2,1-4H3. The van der Waals surface area contributed by atoms with Gasteiger partial charge in [-0.05, 0) is 61.1 Å².